The van der Waals surface area contributed by atoms with Gasteiger partial charge in [-0.1, -0.05) is 17.7 Å². The SMILES string of the molecule is Cc1cnccc1NC(=O)c1c(N)cccc1Cl. The van der Waals surface area contributed by atoms with Crippen molar-refractivity contribution in [1.82, 2.24) is 4.98 Å². The lowest BCUT2D eigenvalue weighted by Crippen LogP contribution is -2.15. The van der Waals surface area contributed by atoms with Gasteiger partial charge in [-0.15, -0.1) is 0 Å². The number of halogens is 1. The Kier molecular flexibility index (Phi) is 3.48. The number of nitrogen functional groups attached to an aromatic ring is 1. The van der Waals surface area contributed by atoms with E-state index < -0.39 is 0 Å². The average Bonchev–Trinajstić information content (AvgIpc) is 2.32. The highest BCUT2D eigenvalue weighted by atomic mass is 35.5. The van der Waals surface area contributed by atoms with Gasteiger partial charge in [-0.05, 0) is 30.7 Å². The molecule has 0 aliphatic carbocycles. The summed E-state index contributed by atoms with van der Waals surface area (Å²) in [6.45, 7) is 1.86. The van der Waals surface area contributed by atoms with E-state index in [1.807, 2.05) is 6.92 Å². The Labute approximate surface area is 110 Å². The van der Waals surface area contributed by atoms with Gasteiger partial charge in [-0.3, -0.25) is 9.78 Å². The first-order valence-electron chi connectivity index (χ1n) is 5.35. The highest BCUT2D eigenvalue weighted by Crippen LogP contribution is 2.23. The molecule has 2 aromatic rings. The van der Waals surface area contributed by atoms with Gasteiger partial charge in [0.25, 0.3) is 5.91 Å². The molecule has 0 aliphatic heterocycles. The molecule has 1 heterocycles. The van der Waals surface area contributed by atoms with Crippen LogP contribution in [0.1, 0.15) is 15.9 Å². The monoisotopic (exact) mass is 261 g/mol. The zero-order chi connectivity index (χ0) is 13.1. The summed E-state index contributed by atoms with van der Waals surface area (Å²) >= 11 is 5.98. The molecule has 0 bridgehead atoms. The molecule has 0 saturated heterocycles. The van der Waals surface area contributed by atoms with Crippen LogP contribution in [0.3, 0.4) is 0 Å². The molecule has 1 aromatic heterocycles. The molecule has 4 nitrogen and oxygen atoms in total. The Morgan fingerprint density at radius 2 is 2.17 bits per heavy atom. The van der Waals surface area contributed by atoms with Gasteiger partial charge in [0.2, 0.25) is 0 Å². The topological polar surface area (TPSA) is 68.0 Å². The summed E-state index contributed by atoms with van der Waals surface area (Å²) < 4.78 is 0. The zero-order valence-electron chi connectivity index (χ0n) is 9.77. The van der Waals surface area contributed by atoms with Gasteiger partial charge in [-0.25, -0.2) is 0 Å². The molecule has 3 N–H and O–H groups in total. The van der Waals surface area contributed by atoms with Crippen molar-refractivity contribution in [1.29, 1.82) is 0 Å². The van der Waals surface area contributed by atoms with Crippen molar-refractivity contribution in [3.63, 3.8) is 0 Å². The van der Waals surface area contributed by atoms with E-state index in [-0.39, 0.29) is 11.5 Å². The highest BCUT2D eigenvalue weighted by Gasteiger charge is 2.14. The predicted molar refractivity (Wildman–Crippen MR) is 72.8 cm³/mol. The van der Waals surface area contributed by atoms with Gasteiger partial charge >= 0.3 is 0 Å². The number of nitrogens with one attached hydrogen (secondary N) is 1. The van der Waals surface area contributed by atoms with E-state index in [9.17, 15) is 4.79 Å². The van der Waals surface area contributed by atoms with Crippen molar-refractivity contribution >= 4 is 28.9 Å². The van der Waals surface area contributed by atoms with Gasteiger partial charge in [0.15, 0.2) is 0 Å². The summed E-state index contributed by atoms with van der Waals surface area (Å²) in [7, 11) is 0. The van der Waals surface area contributed by atoms with E-state index in [0.29, 0.717) is 16.4 Å². The molecule has 0 saturated carbocycles. The van der Waals surface area contributed by atoms with Gasteiger partial charge in [-0.2, -0.15) is 0 Å². The maximum atomic E-state index is 12.1. The minimum absolute atomic E-state index is 0.287. The quantitative estimate of drug-likeness (QED) is 0.817. The second-order valence-corrected chi connectivity index (χ2v) is 4.26. The summed E-state index contributed by atoms with van der Waals surface area (Å²) in [6, 6.07) is 6.69. The zero-order valence-corrected chi connectivity index (χ0v) is 10.5. The number of aromatic nitrogens is 1. The molecule has 92 valence electrons. The smallest absolute Gasteiger partial charge is 0.259 e. The Balaban J connectivity index is 2.31. The van der Waals surface area contributed by atoms with Gasteiger partial charge in [0.1, 0.15) is 0 Å². The molecule has 2 rings (SSSR count). The molecule has 5 heteroatoms. The lowest BCUT2D eigenvalue weighted by Gasteiger charge is -2.10. The van der Waals surface area contributed by atoms with Crippen molar-refractivity contribution in [2.24, 2.45) is 0 Å². The average molecular weight is 262 g/mol. The Hall–Kier alpha value is -2.07. The summed E-state index contributed by atoms with van der Waals surface area (Å²) in [6.07, 6.45) is 3.28. The molecule has 1 aromatic carbocycles. The molecular formula is C13H12ClN3O. The number of carbonyl (C=O) groups excluding carboxylic acids is 1. The van der Waals surface area contributed by atoms with Crippen LogP contribution in [-0.2, 0) is 0 Å². The molecule has 0 radical (unpaired) electrons. The molecule has 0 unspecified atom stereocenters. The van der Waals surface area contributed by atoms with E-state index in [4.69, 9.17) is 17.3 Å². The van der Waals surface area contributed by atoms with Crippen LogP contribution in [0.15, 0.2) is 36.7 Å². The fourth-order valence-electron chi connectivity index (χ4n) is 1.58. The van der Waals surface area contributed by atoms with Crippen LogP contribution in [0.2, 0.25) is 5.02 Å². The van der Waals surface area contributed by atoms with Crippen molar-refractivity contribution < 1.29 is 4.79 Å². The number of amides is 1. The Bertz CT molecular complexity index is 578. The van der Waals surface area contributed by atoms with E-state index in [1.165, 1.54) is 0 Å². The van der Waals surface area contributed by atoms with Crippen LogP contribution in [0.4, 0.5) is 11.4 Å². The van der Waals surface area contributed by atoms with Gasteiger partial charge in [0.05, 0.1) is 10.6 Å². The van der Waals surface area contributed by atoms with Crippen LogP contribution >= 0.6 is 11.6 Å². The third kappa shape index (κ3) is 2.43. The lowest BCUT2D eigenvalue weighted by molar-refractivity contribution is 0.102. The molecule has 0 atom stereocenters. The maximum absolute atomic E-state index is 12.1. The number of anilines is 2. The molecule has 18 heavy (non-hydrogen) atoms. The van der Waals surface area contributed by atoms with E-state index >= 15 is 0 Å². The number of hydrogen-bond acceptors (Lipinski definition) is 3. The number of nitrogens with zero attached hydrogens (tertiary/aromatic N) is 1. The minimum Gasteiger partial charge on any atom is -0.398 e. The molecular weight excluding hydrogens is 250 g/mol. The number of nitrogens with two attached hydrogens (primary N) is 1. The summed E-state index contributed by atoms with van der Waals surface area (Å²) in [4.78, 5) is 16.1. The van der Waals surface area contributed by atoms with E-state index in [0.717, 1.165) is 5.56 Å². The van der Waals surface area contributed by atoms with Crippen LogP contribution < -0.4 is 11.1 Å². The fourth-order valence-corrected chi connectivity index (χ4v) is 1.85. The molecule has 0 spiro atoms. The largest absolute Gasteiger partial charge is 0.398 e. The Morgan fingerprint density at radius 1 is 1.39 bits per heavy atom. The van der Waals surface area contributed by atoms with Crippen LogP contribution in [0, 0.1) is 6.92 Å². The molecule has 0 fully saturated rings. The number of hydrogen-bond donors (Lipinski definition) is 2. The number of carbonyl (C=O) groups is 1. The first-order chi connectivity index (χ1) is 8.59. The first-order valence-corrected chi connectivity index (χ1v) is 5.73. The lowest BCUT2D eigenvalue weighted by atomic mass is 10.1. The number of rotatable bonds is 2. The van der Waals surface area contributed by atoms with Gasteiger partial charge in [0, 0.05) is 23.8 Å². The summed E-state index contributed by atoms with van der Waals surface area (Å²) in [5, 5.41) is 3.10. The van der Waals surface area contributed by atoms with Crippen molar-refractivity contribution in [3.8, 4) is 0 Å². The first kappa shape index (κ1) is 12.4. The predicted octanol–water partition coefficient (Wildman–Crippen LogP) is 2.88. The van der Waals surface area contributed by atoms with E-state index in [2.05, 4.69) is 10.3 Å². The maximum Gasteiger partial charge on any atom is 0.259 e. The third-order valence-corrected chi connectivity index (χ3v) is 2.86. The second-order valence-electron chi connectivity index (χ2n) is 3.85. The standard InChI is InChI=1S/C13H12ClN3O/c1-8-7-16-6-5-11(8)17-13(18)12-9(14)3-2-4-10(12)15/h2-7H,15H2,1H3,(H,16,17,18). The summed E-state index contributed by atoms with van der Waals surface area (Å²) in [5.41, 5.74) is 7.96. The fraction of sp³-hybridized carbons (Fsp3) is 0.0769. The molecule has 1 amide bonds. The Morgan fingerprint density at radius 3 is 2.83 bits per heavy atom. The van der Waals surface area contributed by atoms with Gasteiger partial charge < -0.3 is 11.1 Å². The number of pyridine rings is 1. The normalized spacial score (nSPS) is 10.1. The number of benzene rings is 1. The molecule has 0 aliphatic rings. The number of aryl methyl sites for hydroxylation is 1. The second kappa shape index (κ2) is 5.06. The minimum atomic E-state index is -0.326. The van der Waals surface area contributed by atoms with Crippen LogP contribution in [0.25, 0.3) is 0 Å². The van der Waals surface area contributed by atoms with Crippen LogP contribution in [-0.4, -0.2) is 10.9 Å². The van der Waals surface area contributed by atoms with Crippen molar-refractivity contribution in [2.75, 3.05) is 11.1 Å². The van der Waals surface area contributed by atoms with Crippen molar-refractivity contribution in [2.45, 2.75) is 6.92 Å². The van der Waals surface area contributed by atoms with Crippen LogP contribution in [0.5, 0.6) is 0 Å². The third-order valence-electron chi connectivity index (χ3n) is 2.54. The summed E-state index contributed by atoms with van der Waals surface area (Å²) in [5.74, 6) is -0.326. The highest BCUT2D eigenvalue weighted by molar-refractivity contribution is 6.35. The van der Waals surface area contributed by atoms with Crippen molar-refractivity contribution in [3.05, 3.63) is 52.8 Å². The van der Waals surface area contributed by atoms with E-state index in [1.54, 1.807) is 36.7 Å².